The van der Waals surface area contributed by atoms with E-state index in [0.29, 0.717) is 32.9 Å². The topological polar surface area (TPSA) is 90.6 Å². The minimum atomic E-state index is -0.659. The zero-order valence-electron chi connectivity index (χ0n) is 26.4. The van der Waals surface area contributed by atoms with Crippen molar-refractivity contribution in [3.8, 4) is 0 Å². The van der Waals surface area contributed by atoms with E-state index >= 15 is 0 Å². The van der Waals surface area contributed by atoms with Gasteiger partial charge < -0.3 is 20.5 Å². The molecule has 2 unspecified atom stereocenters. The minimum absolute atomic E-state index is 0.00596. The summed E-state index contributed by atoms with van der Waals surface area (Å²) < 4.78 is 11.5. The van der Waals surface area contributed by atoms with E-state index < -0.39 is 11.0 Å². The molecule has 0 saturated carbocycles. The molecule has 0 heterocycles. The third kappa shape index (κ3) is 11.1. The van der Waals surface area contributed by atoms with Crippen LogP contribution in [0.3, 0.4) is 0 Å². The predicted octanol–water partition coefficient (Wildman–Crippen LogP) is 6.34. The van der Waals surface area contributed by atoms with Gasteiger partial charge in [-0.15, -0.1) is 0 Å². The van der Waals surface area contributed by atoms with Gasteiger partial charge in [-0.3, -0.25) is 9.59 Å². The van der Waals surface area contributed by atoms with Gasteiger partial charge >= 0.3 is 0 Å². The van der Waals surface area contributed by atoms with Gasteiger partial charge in [0.15, 0.2) is 11.6 Å². The molecule has 6 heteroatoms. The molecule has 2 atom stereocenters. The highest BCUT2D eigenvalue weighted by molar-refractivity contribution is 5.92. The Morgan fingerprint density at radius 1 is 0.811 bits per heavy atom. The molecule has 0 aliphatic carbocycles. The van der Waals surface area contributed by atoms with Gasteiger partial charge in [0.25, 0.3) is 0 Å². The number of nitrogens with two attached hydrogens (primary N) is 1. The normalized spacial score (nSPS) is 16.3. The van der Waals surface area contributed by atoms with Crippen LogP contribution in [0.5, 0.6) is 0 Å². The van der Waals surface area contributed by atoms with E-state index in [1.165, 1.54) is 0 Å². The maximum atomic E-state index is 13.3. The van der Waals surface area contributed by atoms with Crippen molar-refractivity contribution < 1.29 is 19.1 Å². The van der Waals surface area contributed by atoms with Crippen molar-refractivity contribution in [1.82, 2.24) is 5.32 Å². The van der Waals surface area contributed by atoms with Crippen LogP contribution in [0, 0.1) is 21.7 Å². The second-order valence-electron chi connectivity index (χ2n) is 13.5. The Hall–Kier alpha value is -0.820. The Bertz CT molecular complexity index is 689. The van der Waals surface area contributed by atoms with Crippen LogP contribution in [0.4, 0.5) is 0 Å². The third-order valence-corrected chi connectivity index (χ3v) is 8.61. The largest absolute Gasteiger partial charge is 0.378 e. The molecule has 0 bridgehead atoms. The molecule has 0 saturated heterocycles. The van der Waals surface area contributed by atoms with Crippen LogP contribution in [0.1, 0.15) is 121 Å². The number of hydrogen-bond acceptors (Lipinski definition) is 6. The summed E-state index contributed by atoms with van der Waals surface area (Å²) in [5, 5.41) is 3.35. The van der Waals surface area contributed by atoms with E-state index in [9.17, 15) is 9.59 Å². The number of unbranched alkanes of at least 4 members (excludes halogenated alkanes) is 1. The molecule has 6 nitrogen and oxygen atoms in total. The Labute approximate surface area is 229 Å². The Kier molecular flexibility index (Phi) is 15.3. The van der Waals surface area contributed by atoms with E-state index in [1.54, 1.807) is 0 Å². The summed E-state index contributed by atoms with van der Waals surface area (Å²) in [6.07, 6.45) is 7.06. The van der Waals surface area contributed by atoms with E-state index in [0.717, 1.165) is 44.9 Å². The number of hydrogen-bond donors (Lipinski definition) is 2. The zero-order valence-corrected chi connectivity index (χ0v) is 26.4. The average molecular weight is 527 g/mol. The summed E-state index contributed by atoms with van der Waals surface area (Å²) in [6, 6.07) is 0. The summed E-state index contributed by atoms with van der Waals surface area (Å²) in [6.45, 7) is 25.5. The van der Waals surface area contributed by atoms with E-state index in [1.807, 2.05) is 27.7 Å². The SMILES string of the molecule is CCCCC(C)(CCC)C(C)(CC)C(=O)COCCOCCNC(C)(C)C(=O)C(C)(C)CC(C)(C)CN. The molecule has 0 spiro atoms. The summed E-state index contributed by atoms with van der Waals surface area (Å²) in [5.41, 5.74) is 4.29. The van der Waals surface area contributed by atoms with Crippen molar-refractivity contribution in [2.24, 2.45) is 27.4 Å². The van der Waals surface area contributed by atoms with Crippen LogP contribution in [0.25, 0.3) is 0 Å². The number of Topliss-reactive ketones (excluding diaryl/α,β-unsaturated/α-hetero) is 2. The lowest BCUT2D eigenvalue weighted by molar-refractivity contribution is -0.142. The molecule has 0 rings (SSSR count). The summed E-state index contributed by atoms with van der Waals surface area (Å²) >= 11 is 0. The van der Waals surface area contributed by atoms with Gasteiger partial charge in [-0.2, -0.15) is 0 Å². The zero-order chi connectivity index (χ0) is 29.0. The first-order valence-electron chi connectivity index (χ1n) is 14.7. The second kappa shape index (κ2) is 15.7. The van der Waals surface area contributed by atoms with Gasteiger partial charge in [0.05, 0.1) is 25.4 Å². The lowest BCUT2D eigenvalue weighted by Gasteiger charge is -2.45. The van der Waals surface area contributed by atoms with Crippen molar-refractivity contribution in [2.75, 3.05) is 39.5 Å². The molecular formula is C31H62N2O4. The molecule has 0 fully saturated rings. The van der Waals surface area contributed by atoms with Gasteiger partial charge in [-0.1, -0.05) is 81.6 Å². The fourth-order valence-electron chi connectivity index (χ4n) is 6.01. The van der Waals surface area contributed by atoms with Crippen LogP contribution in [0.15, 0.2) is 0 Å². The van der Waals surface area contributed by atoms with Gasteiger partial charge in [0.2, 0.25) is 0 Å². The standard InChI is InChI=1S/C31H62N2O4/c1-12-15-17-30(10,16-13-2)31(11,14-3)25(34)22-37-21-20-36-19-18-33-29(8,9)26(35)28(6,7)23-27(4,5)24-32/h33H,12-24,32H2,1-11H3. The number of carbonyl (C=O) groups is 2. The first kappa shape index (κ1) is 36.2. The molecule has 0 aromatic carbocycles. The third-order valence-electron chi connectivity index (χ3n) is 8.61. The first-order valence-corrected chi connectivity index (χ1v) is 14.7. The van der Waals surface area contributed by atoms with Crippen LogP contribution < -0.4 is 11.1 Å². The minimum Gasteiger partial charge on any atom is -0.378 e. The first-order chi connectivity index (χ1) is 17.0. The summed E-state index contributed by atoms with van der Waals surface area (Å²) in [5.74, 6) is 0.376. The lowest BCUT2D eigenvalue weighted by atomic mass is 9.58. The molecule has 0 aromatic heterocycles. The molecule has 220 valence electrons. The highest BCUT2D eigenvalue weighted by atomic mass is 16.5. The maximum Gasteiger partial charge on any atom is 0.164 e. The quantitative estimate of drug-likeness (QED) is 0.160. The molecule has 0 aromatic rings. The van der Waals surface area contributed by atoms with Gasteiger partial charge in [0.1, 0.15) is 6.61 Å². The number of rotatable bonds is 22. The van der Waals surface area contributed by atoms with E-state index in [4.69, 9.17) is 15.2 Å². The molecule has 3 N–H and O–H groups in total. The second-order valence-corrected chi connectivity index (χ2v) is 13.5. The number of ether oxygens (including phenoxy) is 2. The predicted molar refractivity (Wildman–Crippen MR) is 156 cm³/mol. The fraction of sp³-hybridized carbons (Fsp3) is 0.935. The van der Waals surface area contributed by atoms with Crippen molar-refractivity contribution in [1.29, 1.82) is 0 Å². The molecule has 37 heavy (non-hydrogen) atoms. The van der Waals surface area contributed by atoms with Crippen LogP contribution in [-0.4, -0.2) is 56.6 Å². The highest BCUT2D eigenvalue weighted by Crippen LogP contribution is 2.49. The van der Waals surface area contributed by atoms with Crippen molar-refractivity contribution in [3.05, 3.63) is 0 Å². The molecule has 0 aliphatic rings. The number of carbonyl (C=O) groups excluding carboxylic acids is 2. The average Bonchev–Trinajstić information content (AvgIpc) is 2.82. The Morgan fingerprint density at radius 3 is 1.92 bits per heavy atom. The van der Waals surface area contributed by atoms with Gasteiger partial charge in [-0.25, -0.2) is 0 Å². The summed E-state index contributed by atoms with van der Waals surface area (Å²) in [4.78, 5) is 26.5. The van der Waals surface area contributed by atoms with Gasteiger partial charge in [0, 0.05) is 17.4 Å². The summed E-state index contributed by atoms with van der Waals surface area (Å²) in [7, 11) is 0. The van der Waals surface area contributed by atoms with Crippen LogP contribution in [-0.2, 0) is 19.1 Å². The molecule has 0 amide bonds. The number of ketones is 2. The molecule has 0 aliphatic heterocycles. The smallest absolute Gasteiger partial charge is 0.164 e. The van der Waals surface area contributed by atoms with Crippen LogP contribution >= 0.6 is 0 Å². The van der Waals surface area contributed by atoms with Crippen molar-refractivity contribution in [3.63, 3.8) is 0 Å². The van der Waals surface area contributed by atoms with E-state index in [-0.39, 0.29) is 34.4 Å². The van der Waals surface area contributed by atoms with Crippen molar-refractivity contribution in [2.45, 2.75) is 127 Å². The van der Waals surface area contributed by atoms with Gasteiger partial charge in [-0.05, 0) is 56.9 Å². The molecule has 0 radical (unpaired) electrons. The fourth-order valence-corrected chi connectivity index (χ4v) is 6.01. The molecular weight excluding hydrogens is 464 g/mol. The van der Waals surface area contributed by atoms with Crippen molar-refractivity contribution >= 4 is 11.6 Å². The lowest BCUT2D eigenvalue weighted by Crippen LogP contribution is -2.54. The van der Waals surface area contributed by atoms with Crippen LogP contribution in [0.2, 0.25) is 0 Å². The Balaban J connectivity index is 4.58. The maximum absolute atomic E-state index is 13.3. The van der Waals surface area contributed by atoms with E-state index in [2.05, 4.69) is 53.8 Å². The Morgan fingerprint density at radius 2 is 1.41 bits per heavy atom. The highest BCUT2D eigenvalue weighted by Gasteiger charge is 2.47. The number of nitrogens with one attached hydrogen (secondary N) is 1. The monoisotopic (exact) mass is 526 g/mol.